The third-order valence-electron chi connectivity index (χ3n) is 5.73. The summed E-state index contributed by atoms with van der Waals surface area (Å²) in [5.41, 5.74) is 0.715. The molecule has 30 heavy (non-hydrogen) atoms. The molecule has 0 atom stereocenters. The molecule has 2 fully saturated rings. The predicted molar refractivity (Wildman–Crippen MR) is 125 cm³/mol. The average molecular weight is 538 g/mol. The van der Waals surface area contributed by atoms with Gasteiger partial charge in [0, 0.05) is 37.4 Å². The number of hydrogen-bond donors (Lipinski definition) is 2. The van der Waals surface area contributed by atoms with Crippen LogP contribution in [0, 0.1) is 0 Å². The number of benzene rings is 1. The van der Waals surface area contributed by atoms with Gasteiger partial charge >= 0.3 is 6.61 Å². The zero-order chi connectivity index (χ0) is 20.5. The zero-order valence-electron chi connectivity index (χ0n) is 17.5. The Morgan fingerprint density at radius 3 is 2.57 bits per heavy atom. The van der Waals surface area contributed by atoms with E-state index in [1.807, 2.05) is 6.92 Å². The molecule has 3 rings (SSSR count). The monoisotopic (exact) mass is 538 g/mol. The summed E-state index contributed by atoms with van der Waals surface area (Å²) < 4.78 is 35.5. The van der Waals surface area contributed by atoms with Crippen LogP contribution in [0.5, 0.6) is 5.75 Å². The van der Waals surface area contributed by atoms with Crippen LogP contribution >= 0.6 is 24.0 Å². The first kappa shape index (κ1) is 25.1. The van der Waals surface area contributed by atoms with Crippen molar-refractivity contribution in [1.82, 2.24) is 15.5 Å². The van der Waals surface area contributed by atoms with E-state index in [-0.39, 0.29) is 41.8 Å². The van der Waals surface area contributed by atoms with E-state index in [1.165, 1.54) is 12.8 Å². The number of likely N-dealkylation sites (tertiary alicyclic amines) is 1. The Morgan fingerprint density at radius 1 is 1.20 bits per heavy atom. The number of nitrogens with one attached hydrogen (secondary N) is 2. The number of hydrogen-bond acceptors (Lipinski definition) is 4. The molecule has 0 spiro atoms. The second-order valence-electron chi connectivity index (χ2n) is 7.57. The fourth-order valence-corrected chi connectivity index (χ4v) is 4.15. The summed E-state index contributed by atoms with van der Waals surface area (Å²) in [6.45, 7) is 4.77. The number of alkyl halides is 2. The molecule has 170 valence electrons. The van der Waals surface area contributed by atoms with E-state index in [9.17, 15) is 8.78 Å². The predicted octanol–water partition coefficient (Wildman–Crippen LogP) is 3.61. The Hall–Kier alpha value is -1.20. The molecule has 1 aromatic carbocycles. The quantitative estimate of drug-likeness (QED) is 0.301. The van der Waals surface area contributed by atoms with Crippen LogP contribution in [-0.4, -0.2) is 62.4 Å². The molecule has 2 saturated heterocycles. The van der Waals surface area contributed by atoms with E-state index in [2.05, 4.69) is 25.3 Å². The molecule has 0 saturated carbocycles. The van der Waals surface area contributed by atoms with Crippen LogP contribution in [0.2, 0.25) is 0 Å². The maximum Gasteiger partial charge on any atom is 0.387 e. The normalized spacial score (nSPS) is 19.4. The molecule has 0 unspecified atom stereocenters. The van der Waals surface area contributed by atoms with Gasteiger partial charge in [-0.2, -0.15) is 8.78 Å². The van der Waals surface area contributed by atoms with Crippen LogP contribution < -0.4 is 15.4 Å². The van der Waals surface area contributed by atoms with Gasteiger partial charge in [0.15, 0.2) is 5.96 Å². The smallest absolute Gasteiger partial charge is 0.387 e. The number of nitrogens with zero attached hydrogens (tertiary/aromatic N) is 2. The highest BCUT2D eigenvalue weighted by Crippen LogP contribution is 2.30. The Kier molecular flexibility index (Phi) is 10.5. The minimum Gasteiger partial charge on any atom is -0.434 e. The maximum atomic E-state index is 12.6. The van der Waals surface area contributed by atoms with Gasteiger partial charge in [-0.25, -0.2) is 4.99 Å². The summed E-state index contributed by atoms with van der Waals surface area (Å²) in [5, 5.41) is 6.75. The molecule has 1 aromatic rings. The maximum absolute atomic E-state index is 12.6. The van der Waals surface area contributed by atoms with E-state index in [0.29, 0.717) is 11.5 Å². The van der Waals surface area contributed by atoms with Crippen LogP contribution in [0.3, 0.4) is 0 Å². The molecule has 2 heterocycles. The summed E-state index contributed by atoms with van der Waals surface area (Å²) in [7, 11) is 0. The lowest BCUT2D eigenvalue weighted by Crippen LogP contribution is -2.58. The van der Waals surface area contributed by atoms with Gasteiger partial charge in [-0.15, -0.1) is 24.0 Å². The van der Waals surface area contributed by atoms with E-state index < -0.39 is 6.61 Å². The van der Waals surface area contributed by atoms with Crippen LogP contribution in [0.1, 0.15) is 38.2 Å². The van der Waals surface area contributed by atoms with Crippen molar-refractivity contribution in [1.29, 1.82) is 0 Å². The summed E-state index contributed by atoms with van der Waals surface area (Å²) in [6.07, 6.45) is 4.50. The molecular formula is C21H33F2IN4O2. The van der Waals surface area contributed by atoms with Gasteiger partial charge < -0.3 is 20.1 Å². The number of rotatable bonds is 8. The second-order valence-corrected chi connectivity index (χ2v) is 7.57. The van der Waals surface area contributed by atoms with Crippen molar-refractivity contribution in [3.63, 3.8) is 0 Å². The Labute approximate surface area is 194 Å². The average Bonchev–Trinajstić information content (AvgIpc) is 3.27. The lowest BCUT2D eigenvalue weighted by Gasteiger charge is -2.45. The number of para-hydroxylation sites is 1. The van der Waals surface area contributed by atoms with E-state index in [4.69, 9.17) is 4.74 Å². The molecule has 2 N–H and O–H groups in total. The first-order valence-corrected chi connectivity index (χ1v) is 10.5. The Balaban J connectivity index is 0.00000320. The lowest BCUT2D eigenvalue weighted by atomic mass is 9.88. The van der Waals surface area contributed by atoms with E-state index >= 15 is 0 Å². The van der Waals surface area contributed by atoms with Gasteiger partial charge in [-0.3, -0.25) is 4.90 Å². The molecule has 0 aliphatic carbocycles. The van der Waals surface area contributed by atoms with Crippen LogP contribution in [0.15, 0.2) is 29.3 Å². The summed E-state index contributed by atoms with van der Waals surface area (Å²) in [5.74, 6) is 0.851. The lowest BCUT2D eigenvalue weighted by molar-refractivity contribution is -0.0504. The van der Waals surface area contributed by atoms with E-state index in [0.717, 1.165) is 52.2 Å². The number of halogens is 3. The largest absolute Gasteiger partial charge is 0.434 e. The number of guanidine groups is 1. The molecule has 0 radical (unpaired) electrons. The SMILES string of the molecule is CCNC(=NCc1ccccc1OC(F)F)NCC1(N2CCCC2)CCOCC1.I. The fraction of sp³-hybridized carbons (Fsp3) is 0.667. The van der Waals surface area contributed by atoms with Gasteiger partial charge in [0.1, 0.15) is 5.75 Å². The molecule has 9 heteroatoms. The van der Waals surface area contributed by atoms with Crippen LogP contribution in [0.4, 0.5) is 8.78 Å². The molecule has 6 nitrogen and oxygen atoms in total. The van der Waals surface area contributed by atoms with Gasteiger partial charge in [-0.05, 0) is 51.8 Å². The van der Waals surface area contributed by atoms with Crippen molar-refractivity contribution in [2.45, 2.75) is 51.3 Å². The van der Waals surface area contributed by atoms with Gasteiger partial charge in [0.2, 0.25) is 0 Å². The molecule has 0 aromatic heterocycles. The third-order valence-corrected chi connectivity index (χ3v) is 5.73. The van der Waals surface area contributed by atoms with E-state index in [1.54, 1.807) is 24.3 Å². The summed E-state index contributed by atoms with van der Waals surface area (Å²) in [6, 6.07) is 6.78. The highest BCUT2D eigenvalue weighted by molar-refractivity contribution is 14.0. The molecule has 0 amide bonds. The molecule has 0 bridgehead atoms. The number of ether oxygens (including phenoxy) is 2. The van der Waals surface area contributed by atoms with Crippen molar-refractivity contribution < 1.29 is 18.3 Å². The topological polar surface area (TPSA) is 58.1 Å². The fourth-order valence-electron chi connectivity index (χ4n) is 4.15. The van der Waals surface area contributed by atoms with Crippen LogP contribution in [0.25, 0.3) is 0 Å². The minimum atomic E-state index is -2.85. The highest BCUT2D eigenvalue weighted by atomic mass is 127. The summed E-state index contributed by atoms with van der Waals surface area (Å²) in [4.78, 5) is 7.21. The second kappa shape index (κ2) is 12.6. The summed E-state index contributed by atoms with van der Waals surface area (Å²) >= 11 is 0. The first-order valence-electron chi connectivity index (χ1n) is 10.5. The molecule has 2 aliphatic heterocycles. The molecular weight excluding hydrogens is 505 g/mol. The van der Waals surface area contributed by atoms with Crippen molar-refractivity contribution in [3.05, 3.63) is 29.8 Å². The van der Waals surface area contributed by atoms with Gasteiger partial charge in [0.25, 0.3) is 0 Å². The van der Waals surface area contributed by atoms with Gasteiger partial charge in [0.05, 0.1) is 6.54 Å². The third kappa shape index (κ3) is 6.91. The standard InChI is InChI=1S/C21H32F2N4O2.HI/c1-2-24-20(25-15-17-7-3-4-8-18(17)29-19(22)23)26-16-21(9-13-28-14-10-21)27-11-5-6-12-27;/h3-4,7-8,19H,2,5-6,9-16H2,1H3,(H2,24,25,26);1H. The Bertz CT molecular complexity index is 666. The highest BCUT2D eigenvalue weighted by Gasteiger charge is 2.39. The first-order chi connectivity index (χ1) is 14.1. The zero-order valence-corrected chi connectivity index (χ0v) is 19.9. The van der Waals surface area contributed by atoms with Crippen LogP contribution in [-0.2, 0) is 11.3 Å². The van der Waals surface area contributed by atoms with Crippen molar-refractivity contribution in [2.24, 2.45) is 4.99 Å². The van der Waals surface area contributed by atoms with Crippen molar-refractivity contribution in [3.8, 4) is 5.75 Å². The Morgan fingerprint density at radius 2 is 1.90 bits per heavy atom. The minimum absolute atomic E-state index is 0. The molecule has 2 aliphatic rings. The number of aliphatic imine (C=N–C) groups is 1. The van der Waals surface area contributed by atoms with Crippen molar-refractivity contribution >= 4 is 29.9 Å². The van der Waals surface area contributed by atoms with Crippen molar-refractivity contribution in [2.75, 3.05) is 39.4 Å². The van der Waals surface area contributed by atoms with Gasteiger partial charge in [-0.1, -0.05) is 18.2 Å².